The van der Waals surface area contributed by atoms with Crippen molar-refractivity contribution in [3.8, 4) is 0 Å². The van der Waals surface area contributed by atoms with Gasteiger partial charge in [0.1, 0.15) is 0 Å². The third-order valence-corrected chi connectivity index (χ3v) is 6.48. The molecule has 7 heteroatoms. The highest BCUT2D eigenvalue weighted by atomic mass is 16.2. The van der Waals surface area contributed by atoms with Crippen molar-refractivity contribution in [2.75, 3.05) is 23.1 Å². The predicted octanol–water partition coefficient (Wildman–Crippen LogP) is 4.93. The Morgan fingerprint density at radius 3 is 2.74 bits per heavy atom. The van der Waals surface area contributed by atoms with Crippen LogP contribution in [0.1, 0.15) is 40.8 Å². The molecule has 0 spiro atoms. The Hall–Kier alpha value is -4.35. The van der Waals surface area contributed by atoms with Crippen LogP contribution in [0.25, 0.3) is 0 Å². The molecule has 2 heterocycles. The van der Waals surface area contributed by atoms with E-state index >= 15 is 0 Å². The molecule has 0 aliphatic carbocycles. The Bertz CT molecular complexity index is 1360. The molecule has 0 saturated carbocycles. The van der Waals surface area contributed by atoms with Gasteiger partial charge in [0.05, 0.1) is 24.0 Å². The zero-order valence-corrected chi connectivity index (χ0v) is 19.2. The Morgan fingerprint density at radius 1 is 1.15 bits per heavy atom. The number of nitrogens with one attached hydrogen (secondary N) is 2. The molecule has 7 nitrogen and oxygen atoms in total. The number of amides is 2. The summed E-state index contributed by atoms with van der Waals surface area (Å²) in [6, 6.07) is 19.3. The number of hydrogen-bond donors (Lipinski definition) is 3. The average Bonchev–Trinajstić information content (AvgIpc) is 3.04. The molecule has 5 rings (SSSR count). The normalized spacial score (nSPS) is 15.3. The smallest absolute Gasteiger partial charge is 0.322 e. The minimum Gasteiger partial charge on any atom is -0.398 e. The fourth-order valence-electron chi connectivity index (χ4n) is 4.48. The van der Waals surface area contributed by atoms with Gasteiger partial charge in [-0.3, -0.25) is 10.4 Å². The third kappa shape index (κ3) is 3.83. The molecule has 3 aromatic carbocycles. The third-order valence-electron chi connectivity index (χ3n) is 6.48. The van der Waals surface area contributed by atoms with E-state index in [0.717, 1.165) is 34.4 Å². The molecule has 1 atom stereocenters. The molecule has 2 amide bonds. The van der Waals surface area contributed by atoms with Gasteiger partial charge in [-0.25, -0.2) is 4.79 Å². The molecule has 34 heavy (non-hydrogen) atoms. The Balaban J connectivity index is 1.47. The summed E-state index contributed by atoms with van der Waals surface area (Å²) < 4.78 is 0. The maximum absolute atomic E-state index is 12.8. The van der Waals surface area contributed by atoms with E-state index < -0.39 is 0 Å². The first-order chi connectivity index (χ1) is 16.4. The second-order valence-electron chi connectivity index (χ2n) is 8.62. The molecule has 0 unspecified atom stereocenters. The summed E-state index contributed by atoms with van der Waals surface area (Å²) in [6.07, 6.45) is 2.64. The van der Waals surface area contributed by atoms with Crippen molar-refractivity contribution in [1.82, 2.24) is 4.90 Å². The molecular weight excluding hydrogens is 424 g/mol. The van der Waals surface area contributed by atoms with E-state index in [1.165, 1.54) is 0 Å². The van der Waals surface area contributed by atoms with Gasteiger partial charge in [0.15, 0.2) is 0 Å². The number of carbonyl (C=O) groups is 1. The lowest BCUT2D eigenvalue weighted by Crippen LogP contribution is -2.40. The quantitative estimate of drug-likeness (QED) is 0.388. The maximum Gasteiger partial charge on any atom is 0.322 e. The second kappa shape index (κ2) is 8.54. The van der Waals surface area contributed by atoms with Crippen LogP contribution in [0.2, 0.25) is 0 Å². The van der Waals surface area contributed by atoms with E-state index in [1.807, 2.05) is 74.6 Å². The molecule has 2 aliphatic rings. The van der Waals surface area contributed by atoms with Gasteiger partial charge in [0.25, 0.3) is 0 Å². The zero-order valence-electron chi connectivity index (χ0n) is 19.2. The van der Waals surface area contributed by atoms with E-state index in [0.29, 0.717) is 29.2 Å². The van der Waals surface area contributed by atoms with Crippen LogP contribution < -0.4 is 16.1 Å². The summed E-state index contributed by atoms with van der Waals surface area (Å²) in [5.74, 6) is 2.91. The number of fused-ring (bicyclic) bond motifs is 2. The van der Waals surface area contributed by atoms with Gasteiger partial charge in [-0.15, -0.1) is 5.10 Å². The highest BCUT2D eigenvalue weighted by molar-refractivity contribution is 6.15. The van der Waals surface area contributed by atoms with Crippen LogP contribution in [0, 0.1) is 5.41 Å². The number of nitrogens with zero attached hydrogens (tertiary/aromatic N) is 3. The summed E-state index contributed by atoms with van der Waals surface area (Å²) in [5, 5.41) is 17.9. The van der Waals surface area contributed by atoms with Crippen molar-refractivity contribution in [3.63, 3.8) is 0 Å². The number of rotatable bonds is 4. The highest BCUT2D eigenvalue weighted by Crippen LogP contribution is 2.34. The van der Waals surface area contributed by atoms with Gasteiger partial charge in [-0.1, -0.05) is 42.5 Å². The summed E-state index contributed by atoms with van der Waals surface area (Å²) >= 11 is 0. The van der Waals surface area contributed by atoms with Crippen LogP contribution >= 0.6 is 0 Å². The summed E-state index contributed by atoms with van der Waals surface area (Å²) in [6.45, 7) is 2.45. The SMILES string of the molecule is C[C@H](c1ccccc1)N1Cc2cc(C(=N)c3ccc4c(c3)N(C)N=C=CC4)c(N)cc2NC1=O. The first kappa shape index (κ1) is 21.5. The standard InChI is InChI=1S/C27H26N6O/c1-17(18-7-4-3-5-8-18)33-16-21-13-22(23(28)15-24(21)31-27(33)34)26(29)20-11-10-19-9-6-12-30-32(2)25(19)14-20/h3-8,10-11,13-15,17,29H,9,16,28H2,1-2H3,(H,31,34)/t17-/m1/s1. The minimum atomic E-state index is -0.158. The van der Waals surface area contributed by atoms with Gasteiger partial charge in [0, 0.05) is 41.8 Å². The maximum atomic E-state index is 12.8. The van der Waals surface area contributed by atoms with Gasteiger partial charge in [0.2, 0.25) is 0 Å². The minimum absolute atomic E-state index is 0.0934. The molecule has 170 valence electrons. The number of benzene rings is 3. The highest BCUT2D eigenvalue weighted by Gasteiger charge is 2.28. The van der Waals surface area contributed by atoms with Gasteiger partial charge >= 0.3 is 6.03 Å². The van der Waals surface area contributed by atoms with Crippen LogP contribution in [0.4, 0.5) is 21.9 Å². The molecule has 2 aliphatic heterocycles. The van der Waals surface area contributed by atoms with E-state index in [2.05, 4.69) is 16.3 Å². The Kier molecular flexibility index (Phi) is 5.40. The summed E-state index contributed by atoms with van der Waals surface area (Å²) in [5.41, 5.74) is 13.3. The topological polar surface area (TPSA) is 97.8 Å². The zero-order chi connectivity index (χ0) is 23.8. The Morgan fingerprint density at radius 2 is 1.94 bits per heavy atom. The molecule has 4 N–H and O–H groups in total. The number of carbonyl (C=O) groups excluding carboxylic acids is 1. The van der Waals surface area contributed by atoms with Crippen molar-refractivity contribution >= 4 is 34.7 Å². The van der Waals surface area contributed by atoms with Crippen LogP contribution in [-0.2, 0) is 13.0 Å². The van der Waals surface area contributed by atoms with E-state index in [4.69, 9.17) is 11.1 Å². The fourth-order valence-corrected chi connectivity index (χ4v) is 4.48. The number of hydrazone groups is 1. The van der Waals surface area contributed by atoms with Crippen molar-refractivity contribution < 1.29 is 4.79 Å². The van der Waals surface area contributed by atoms with Crippen LogP contribution in [-0.4, -0.2) is 29.6 Å². The molecular formula is C27H26N6O. The van der Waals surface area contributed by atoms with Crippen LogP contribution in [0.5, 0.6) is 0 Å². The average molecular weight is 451 g/mol. The molecule has 0 fully saturated rings. The fraction of sp³-hybridized carbons (Fsp3) is 0.185. The predicted molar refractivity (Wildman–Crippen MR) is 137 cm³/mol. The number of hydrogen-bond acceptors (Lipinski definition) is 5. The second-order valence-corrected chi connectivity index (χ2v) is 8.62. The molecule has 3 aromatic rings. The number of allylic oxidation sites excluding steroid dienone is 1. The Labute approximate surface area is 198 Å². The molecule has 0 bridgehead atoms. The lowest BCUT2D eigenvalue weighted by atomic mass is 9.94. The van der Waals surface area contributed by atoms with Crippen molar-refractivity contribution in [2.24, 2.45) is 5.10 Å². The first-order valence-corrected chi connectivity index (χ1v) is 11.2. The van der Waals surface area contributed by atoms with Gasteiger partial charge in [-0.2, -0.15) is 0 Å². The van der Waals surface area contributed by atoms with Gasteiger partial charge < -0.3 is 16.0 Å². The van der Waals surface area contributed by atoms with E-state index in [-0.39, 0.29) is 12.1 Å². The van der Waals surface area contributed by atoms with Crippen LogP contribution in [0.15, 0.2) is 71.8 Å². The van der Waals surface area contributed by atoms with Crippen LogP contribution in [0.3, 0.4) is 0 Å². The first-order valence-electron chi connectivity index (χ1n) is 11.2. The lowest BCUT2D eigenvalue weighted by Gasteiger charge is -2.34. The number of urea groups is 1. The van der Waals surface area contributed by atoms with Crippen molar-refractivity contribution in [2.45, 2.75) is 25.9 Å². The largest absolute Gasteiger partial charge is 0.398 e. The molecule has 0 radical (unpaired) electrons. The van der Waals surface area contributed by atoms with Gasteiger partial charge in [-0.05, 0) is 47.9 Å². The van der Waals surface area contributed by atoms with Crippen molar-refractivity contribution in [1.29, 1.82) is 5.41 Å². The van der Waals surface area contributed by atoms with E-state index in [1.54, 1.807) is 16.0 Å². The number of nitrogens with two attached hydrogens (primary N) is 1. The molecule has 0 saturated heterocycles. The monoisotopic (exact) mass is 450 g/mol. The molecule has 0 aromatic heterocycles. The van der Waals surface area contributed by atoms with Crippen molar-refractivity contribution in [3.05, 3.63) is 94.6 Å². The number of anilines is 3. The summed E-state index contributed by atoms with van der Waals surface area (Å²) in [4.78, 5) is 14.6. The van der Waals surface area contributed by atoms with E-state index in [9.17, 15) is 4.79 Å². The number of nitrogen functional groups attached to an aromatic ring is 1. The summed E-state index contributed by atoms with van der Waals surface area (Å²) in [7, 11) is 1.87. The lowest BCUT2D eigenvalue weighted by molar-refractivity contribution is 0.186.